The van der Waals surface area contributed by atoms with Gasteiger partial charge in [0, 0.05) is 31.6 Å². The zero-order chi connectivity index (χ0) is 26.8. The number of aryl methyl sites for hydroxylation is 1. The van der Waals surface area contributed by atoms with Gasteiger partial charge in [0.1, 0.15) is 30.0 Å². The Bertz CT molecular complexity index is 1400. The molecule has 3 aliphatic rings. The Morgan fingerprint density at radius 3 is 2.69 bits per heavy atom. The molecule has 0 bridgehead atoms. The summed E-state index contributed by atoms with van der Waals surface area (Å²) in [5, 5.41) is 10.2. The van der Waals surface area contributed by atoms with Gasteiger partial charge < -0.3 is 14.6 Å². The average molecular weight is 528 g/mol. The van der Waals surface area contributed by atoms with Crippen molar-refractivity contribution in [3.05, 3.63) is 88.5 Å². The lowest BCUT2D eigenvalue weighted by atomic mass is 9.87. The first-order chi connectivity index (χ1) is 19.1. The number of ether oxygens (including phenoxy) is 2. The molecule has 3 aromatic rings. The minimum Gasteiger partial charge on any atom is -0.508 e. The highest BCUT2D eigenvalue weighted by atomic mass is 19.1. The molecule has 1 N–H and O–H groups in total. The van der Waals surface area contributed by atoms with E-state index in [4.69, 9.17) is 9.47 Å². The molecule has 0 spiro atoms. The van der Waals surface area contributed by atoms with Crippen LogP contribution < -0.4 is 9.47 Å². The summed E-state index contributed by atoms with van der Waals surface area (Å²) in [6.07, 6.45) is 4.76. The van der Waals surface area contributed by atoms with Crippen LogP contribution in [0.1, 0.15) is 53.5 Å². The van der Waals surface area contributed by atoms with E-state index in [2.05, 4.69) is 29.2 Å². The lowest BCUT2D eigenvalue weighted by Crippen LogP contribution is -2.26. The number of ketones is 1. The third-order valence-electron chi connectivity index (χ3n) is 8.00. The molecule has 1 saturated heterocycles. The first-order valence-electron chi connectivity index (χ1n) is 14.0. The van der Waals surface area contributed by atoms with Gasteiger partial charge >= 0.3 is 0 Å². The Labute approximate surface area is 228 Å². The van der Waals surface area contributed by atoms with Crippen molar-refractivity contribution >= 4 is 16.9 Å². The van der Waals surface area contributed by atoms with Gasteiger partial charge in [-0.05, 0) is 102 Å². The van der Waals surface area contributed by atoms with E-state index in [0.29, 0.717) is 12.8 Å². The van der Waals surface area contributed by atoms with Crippen molar-refractivity contribution in [3.63, 3.8) is 0 Å². The number of likely N-dealkylation sites (tertiary alicyclic amines) is 1. The maximum atomic E-state index is 12.6. The van der Waals surface area contributed by atoms with E-state index in [9.17, 15) is 14.3 Å². The van der Waals surface area contributed by atoms with E-state index in [0.717, 1.165) is 90.2 Å². The predicted octanol–water partition coefficient (Wildman–Crippen LogP) is 6.00. The van der Waals surface area contributed by atoms with Gasteiger partial charge in [0.2, 0.25) is 0 Å². The normalized spacial score (nSPS) is 19.3. The highest BCUT2D eigenvalue weighted by Gasteiger charge is 2.25. The fourth-order valence-corrected chi connectivity index (χ4v) is 6.13. The topological polar surface area (TPSA) is 59.0 Å². The van der Waals surface area contributed by atoms with E-state index >= 15 is 0 Å². The summed E-state index contributed by atoms with van der Waals surface area (Å²) in [6.45, 7) is 2.42. The molecule has 0 aromatic heterocycles. The van der Waals surface area contributed by atoms with E-state index in [1.165, 1.54) is 5.57 Å². The van der Waals surface area contributed by atoms with E-state index in [1.54, 1.807) is 6.07 Å². The smallest absolute Gasteiger partial charge is 0.174 e. The molecule has 0 unspecified atom stereocenters. The van der Waals surface area contributed by atoms with Crippen molar-refractivity contribution in [1.82, 2.24) is 4.90 Å². The lowest BCUT2D eigenvalue weighted by molar-refractivity contribution is -0.121. The predicted molar refractivity (Wildman–Crippen MR) is 150 cm³/mol. The number of allylic oxidation sites excluding steroid dienone is 1. The van der Waals surface area contributed by atoms with Crippen molar-refractivity contribution in [3.8, 4) is 17.2 Å². The van der Waals surface area contributed by atoms with Crippen molar-refractivity contribution < 1.29 is 23.8 Å². The molecule has 5 nitrogen and oxygen atoms in total. The number of phenolic OH excluding ortho intramolecular Hbond substituents is 1. The van der Waals surface area contributed by atoms with Crippen molar-refractivity contribution in [2.24, 2.45) is 0 Å². The number of nitrogens with zero attached hydrogens (tertiary/aromatic N) is 1. The van der Waals surface area contributed by atoms with E-state index < -0.39 is 0 Å². The Hall–Kier alpha value is -3.64. The van der Waals surface area contributed by atoms with Gasteiger partial charge in [0.05, 0.1) is 6.67 Å². The Morgan fingerprint density at radius 2 is 1.85 bits per heavy atom. The number of carbonyl (C=O) groups is 1. The van der Waals surface area contributed by atoms with Gasteiger partial charge in [-0.1, -0.05) is 24.3 Å². The summed E-state index contributed by atoms with van der Waals surface area (Å²) >= 11 is 0. The lowest BCUT2D eigenvalue weighted by Gasteiger charge is -2.21. The Balaban J connectivity index is 1.35. The van der Waals surface area contributed by atoms with Crippen LogP contribution in [0.5, 0.6) is 17.2 Å². The first kappa shape index (κ1) is 25.6. The number of halogens is 1. The first-order valence-corrected chi connectivity index (χ1v) is 14.0. The fourth-order valence-electron chi connectivity index (χ4n) is 6.13. The fraction of sp³-hybridized carbons (Fsp3) is 0.364. The minimum atomic E-state index is -0.276. The molecular formula is C33H34FNO4. The second-order valence-corrected chi connectivity index (χ2v) is 10.8. The highest BCUT2D eigenvalue weighted by Crippen LogP contribution is 2.42. The number of rotatable bonds is 7. The molecule has 1 aliphatic carbocycles. The molecule has 0 radical (unpaired) electrons. The summed E-state index contributed by atoms with van der Waals surface area (Å²) in [7, 11) is 0. The molecule has 0 amide bonds. The molecule has 6 heteroatoms. The van der Waals surface area contributed by atoms with Crippen LogP contribution in [0.4, 0.5) is 4.39 Å². The number of hydrogen-bond acceptors (Lipinski definition) is 5. The molecule has 2 aliphatic heterocycles. The van der Waals surface area contributed by atoms with Crippen LogP contribution in [0.25, 0.3) is 11.1 Å². The quantitative estimate of drug-likeness (QED) is 0.408. The second kappa shape index (κ2) is 11.2. The number of benzene rings is 3. The minimum absolute atomic E-state index is 0.0962. The average Bonchev–Trinajstić information content (AvgIpc) is 3.30. The SMILES string of the molecule is O=C1COc2ccc(C3=C(c4ccc(O[C@H]5CCN(CCCF)C5)cc4)c4ccc(O)cc4CCC3)cc2C1. The standard InChI is InChI=1S/C33H34FNO4/c34-14-2-15-35-16-13-29(20-35)39-28-9-5-22(6-10-28)33-30(4-1-3-23-18-26(36)8-11-31(23)33)24-7-12-32-25(17-24)19-27(37)21-38-32/h5-12,17-18,29,36H,1-4,13-16,19-21H2/t29-/m0/s1. The molecule has 1 atom stereocenters. The van der Waals surface area contributed by atoms with Gasteiger partial charge in [-0.2, -0.15) is 0 Å². The van der Waals surface area contributed by atoms with Crippen LogP contribution in [0.2, 0.25) is 0 Å². The molecule has 6 rings (SSSR count). The summed E-state index contributed by atoms with van der Waals surface area (Å²) < 4.78 is 24.5. The van der Waals surface area contributed by atoms with E-state index in [1.807, 2.05) is 30.3 Å². The number of fused-ring (bicyclic) bond motifs is 2. The molecule has 1 fully saturated rings. The maximum Gasteiger partial charge on any atom is 0.174 e. The number of alkyl halides is 1. The van der Waals surface area contributed by atoms with Crippen LogP contribution in [0, 0.1) is 0 Å². The van der Waals surface area contributed by atoms with Crippen molar-refractivity contribution in [1.29, 1.82) is 0 Å². The van der Waals surface area contributed by atoms with Gasteiger partial charge in [-0.25, -0.2) is 0 Å². The number of phenols is 1. The van der Waals surface area contributed by atoms with Crippen molar-refractivity contribution in [2.45, 2.75) is 44.6 Å². The number of aromatic hydroxyl groups is 1. The Morgan fingerprint density at radius 1 is 1.00 bits per heavy atom. The molecular weight excluding hydrogens is 493 g/mol. The molecule has 0 saturated carbocycles. The summed E-state index contributed by atoms with van der Waals surface area (Å²) in [5.74, 6) is 2.00. The molecule has 2 heterocycles. The van der Waals surface area contributed by atoms with E-state index in [-0.39, 0.29) is 30.9 Å². The van der Waals surface area contributed by atoms with Crippen LogP contribution in [0.15, 0.2) is 60.7 Å². The maximum absolute atomic E-state index is 12.6. The Kier molecular flexibility index (Phi) is 7.38. The molecule has 202 valence electrons. The number of hydrogen-bond donors (Lipinski definition) is 1. The number of carbonyl (C=O) groups excluding carboxylic acids is 1. The van der Waals surface area contributed by atoms with Crippen LogP contribution in [-0.4, -0.2) is 54.8 Å². The third kappa shape index (κ3) is 5.57. The van der Waals surface area contributed by atoms with Gasteiger partial charge in [-0.3, -0.25) is 14.1 Å². The van der Waals surface area contributed by atoms with Gasteiger partial charge in [-0.15, -0.1) is 0 Å². The van der Waals surface area contributed by atoms with Crippen LogP contribution >= 0.6 is 0 Å². The largest absolute Gasteiger partial charge is 0.508 e. The summed E-state index contributed by atoms with van der Waals surface area (Å²) in [5.41, 5.74) is 7.76. The monoisotopic (exact) mass is 527 g/mol. The van der Waals surface area contributed by atoms with Gasteiger partial charge in [0.15, 0.2) is 5.78 Å². The van der Waals surface area contributed by atoms with Crippen LogP contribution in [0.3, 0.4) is 0 Å². The second-order valence-electron chi connectivity index (χ2n) is 10.8. The van der Waals surface area contributed by atoms with Gasteiger partial charge in [0.25, 0.3) is 0 Å². The third-order valence-corrected chi connectivity index (χ3v) is 8.00. The zero-order valence-electron chi connectivity index (χ0n) is 22.1. The van der Waals surface area contributed by atoms with Crippen molar-refractivity contribution in [2.75, 3.05) is 32.9 Å². The van der Waals surface area contributed by atoms with Crippen LogP contribution in [-0.2, 0) is 17.6 Å². The molecule has 3 aromatic carbocycles. The number of Topliss-reactive ketones (excluding diaryl/α,β-unsaturated/α-hetero) is 1. The summed E-state index contributed by atoms with van der Waals surface area (Å²) in [6, 6.07) is 20.2. The summed E-state index contributed by atoms with van der Waals surface area (Å²) in [4.78, 5) is 14.3. The zero-order valence-corrected chi connectivity index (χ0v) is 22.1. The highest BCUT2D eigenvalue weighted by molar-refractivity contribution is 6.00. The molecule has 39 heavy (non-hydrogen) atoms.